The number of nitrogens with zero attached hydrogens (tertiary/aromatic N) is 2. The number of hydrogen-bond acceptors (Lipinski definition) is 4. The first-order valence-corrected chi connectivity index (χ1v) is 7.29. The van der Waals surface area contributed by atoms with E-state index in [0.29, 0.717) is 0 Å². The molecule has 0 amide bonds. The Morgan fingerprint density at radius 1 is 1.41 bits per heavy atom. The highest BCUT2D eigenvalue weighted by Crippen LogP contribution is 2.50. The second kappa shape index (κ2) is 3.66. The van der Waals surface area contributed by atoms with Gasteiger partial charge in [0.05, 0.1) is 16.6 Å². The van der Waals surface area contributed by atoms with Crippen molar-refractivity contribution < 1.29 is 0 Å². The lowest BCUT2D eigenvalue weighted by atomic mass is 10.1. The van der Waals surface area contributed by atoms with Crippen LogP contribution in [0.4, 0.5) is 0 Å². The molecule has 0 saturated heterocycles. The summed E-state index contributed by atoms with van der Waals surface area (Å²) in [5.74, 6) is 0. The Morgan fingerprint density at radius 2 is 2.18 bits per heavy atom. The molecule has 0 aliphatic heterocycles. The highest BCUT2D eigenvalue weighted by atomic mass is 32.1. The van der Waals surface area contributed by atoms with E-state index < -0.39 is 0 Å². The molecule has 1 fully saturated rings. The zero-order chi connectivity index (χ0) is 12.0. The fourth-order valence-electron chi connectivity index (χ4n) is 1.93. The molecule has 2 nitrogen and oxygen atoms in total. The number of hydrogen-bond donors (Lipinski definition) is 0. The van der Waals surface area contributed by atoms with Gasteiger partial charge in [0.1, 0.15) is 10.4 Å². The Hall–Kier alpha value is -1.18. The van der Waals surface area contributed by atoms with Crippen molar-refractivity contribution >= 4 is 22.7 Å². The third-order valence-corrected chi connectivity index (χ3v) is 5.45. The van der Waals surface area contributed by atoms with Crippen LogP contribution in [0.25, 0.3) is 10.6 Å². The summed E-state index contributed by atoms with van der Waals surface area (Å²) in [4.78, 5) is 7.20. The maximum Gasteiger partial charge on any atom is 0.114 e. The number of aromatic nitrogens is 1. The van der Waals surface area contributed by atoms with Crippen LogP contribution in [0.2, 0.25) is 0 Å². The maximum atomic E-state index is 9.21. The SMILES string of the molecule is Cc1ccsc1-c1nc(C2(C#N)CC2)sc1C. The Balaban J connectivity index is 2.09. The van der Waals surface area contributed by atoms with E-state index >= 15 is 0 Å². The third-order valence-electron chi connectivity index (χ3n) is 3.25. The van der Waals surface area contributed by atoms with Gasteiger partial charge in [0.2, 0.25) is 0 Å². The molecule has 86 valence electrons. The molecule has 0 bridgehead atoms. The van der Waals surface area contributed by atoms with Crippen molar-refractivity contribution in [1.82, 2.24) is 4.98 Å². The minimum atomic E-state index is -0.251. The van der Waals surface area contributed by atoms with Gasteiger partial charge < -0.3 is 0 Å². The smallest absolute Gasteiger partial charge is 0.114 e. The topological polar surface area (TPSA) is 36.7 Å². The number of rotatable bonds is 2. The molecule has 0 radical (unpaired) electrons. The fraction of sp³-hybridized carbons (Fsp3) is 0.385. The van der Waals surface area contributed by atoms with Crippen molar-refractivity contribution in [3.63, 3.8) is 0 Å². The lowest BCUT2D eigenvalue weighted by Crippen LogP contribution is -2.01. The number of nitriles is 1. The average molecular weight is 260 g/mol. The maximum absolute atomic E-state index is 9.21. The molecule has 4 heteroatoms. The van der Waals surface area contributed by atoms with Crippen LogP contribution in [0.15, 0.2) is 11.4 Å². The monoisotopic (exact) mass is 260 g/mol. The molecule has 3 rings (SSSR count). The Bertz CT molecular complexity index is 612. The van der Waals surface area contributed by atoms with Gasteiger partial charge in [-0.2, -0.15) is 5.26 Å². The second-order valence-corrected chi connectivity index (χ2v) is 6.67. The Labute approximate surface area is 109 Å². The zero-order valence-electron chi connectivity index (χ0n) is 9.78. The van der Waals surface area contributed by atoms with Crippen LogP contribution in [0.3, 0.4) is 0 Å². The molecule has 2 aromatic heterocycles. The first-order valence-electron chi connectivity index (χ1n) is 5.60. The van der Waals surface area contributed by atoms with E-state index in [2.05, 4.69) is 31.4 Å². The van der Waals surface area contributed by atoms with Crippen molar-refractivity contribution in [2.45, 2.75) is 32.1 Å². The molecule has 0 spiro atoms. The van der Waals surface area contributed by atoms with E-state index in [0.717, 1.165) is 23.5 Å². The van der Waals surface area contributed by atoms with Crippen molar-refractivity contribution in [1.29, 1.82) is 5.26 Å². The summed E-state index contributed by atoms with van der Waals surface area (Å²) in [6.45, 7) is 4.21. The third kappa shape index (κ3) is 1.62. The summed E-state index contributed by atoms with van der Waals surface area (Å²) in [5.41, 5.74) is 2.11. The molecule has 17 heavy (non-hydrogen) atoms. The molecule has 0 N–H and O–H groups in total. The molecule has 1 aliphatic carbocycles. The minimum Gasteiger partial charge on any atom is -0.238 e. The zero-order valence-corrected chi connectivity index (χ0v) is 11.4. The van der Waals surface area contributed by atoms with Gasteiger partial charge in [-0.3, -0.25) is 0 Å². The van der Waals surface area contributed by atoms with Crippen LogP contribution in [0.1, 0.15) is 28.3 Å². The van der Waals surface area contributed by atoms with E-state index in [1.165, 1.54) is 15.3 Å². The molecule has 0 unspecified atom stereocenters. The largest absolute Gasteiger partial charge is 0.238 e. The normalized spacial score (nSPS) is 16.8. The van der Waals surface area contributed by atoms with E-state index in [-0.39, 0.29) is 5.41 Å². The van der Waals surface area contributed by atoms with Gasteiger partial charge in [-0.1, -0.05) is 0 Å². The summed E-state index contributed by atoms with van der Waals surface area (Å²) < 4.78 is 0. The van der Waals surface area contributed by atoms with Crippen LogP contribution in [0, 0.1) is 25.2 Å². The first-order chi connectivity index (χ1) is 8.16. The molecule has 1 saturated carbocycles. The lowest BCUT2D eigenvalue weighted by Gasteiger charge is -1.98. The second-order valence-electron chi connectivity index (χ2n) is 4.55. The van der Waals surface area contributed by atoms with Crippen LogP contribution in [0.5, 0.6) is 0 Å². The number of thiazole rings is 1. The summed E-state index contributed by atoms with van der Waals surface area (Å²) in [7, 11) is 0. The van der Waals surface area contributed by atoms with Gasteiger partial charge in [-0.15, -0.1) is 22.7 Å². The van der Waals surface area contributed by atoms with Crippen LogP contribution < -0.4 is 0 Å². The average Bonchev–Trinajstić information content (AvgIpc) is 2.87. The Kier molecular flexibility index (Phi) is 2.35. The van der Waals surface area contributed by atoms with Gasteiger partial charge in [0, 0.05) is 4.88 Å². The van der Waals surface area contributed by atoms with E-state index in [4.69, 9.17) is 4.98 Å². The fourth-order valence-corrected chi connectivity index (χ4v) is 4.08. The van der Waals surface area contributed by atoms with Gasteiger partial charge in [0.15, 0.2) is 0 Å². The lowest BCUT2D eigenvalue weighted by molar-refractivity contribution is 0.891. The predicted molar refractivity (Wildman–Crippen MR) is 71.4 cm³/mol. The molecule has 2 aromatic rings. The van der Waals surface area contributed by atoms with E-state index in [1.54, 1.807) is 22.7 Å². The van der Waals surface area contributed by atoms with Gasteiger partial charge in [-0.25, -0.2) is 4.98 Å². The van der Waals surface area contributed by atoms with Crippen molar-refractivity contribution in [3.05, 3.63) is 26.9 Å². The predicted octanol–water partition coefficient (Wildman–Crippen LogP) is 4.04. The molecule has 2 heterocycles. The Morgan fingerprint density at radius 3 is 2.71 bits per heavy atom. The summed E-state index contributed by atoms with van der Waals surface area (Å²) in [5, 5.41) is 12.3. The van der Waals surface area contributed by atoms with Crippen molar-refractivity contribution in [3.8, 4) is 16.6 Å². The number of thiophene rings is 1. The standard InChI is InChI=1S/C13H12N2S2/c1-8-3-6-16-11(8)10-9(2)17-12(15-10)13(7-14)4-5-13/h3,6H,4-5H2,1-2H3. The molecular formula is C13H12N2S2. The quantitative estimate of drug-likeness (QED) is 0.817. The first kappa shape index (κ1) is 10.9. The van der Waals surface area contributed by atoms with Gasteiger partial charge >= 0.3 is 0 Å². The molecular weight excluding hydrogens is 248 g/mol. The van der Waals surface area contributed by atoms with Crippen molar-refractivity contribution in [2.24, 2.45) is 0 Å². The van der Waals surface area contributed by atoms with E-state index in [9.17, 15) is 5.26 Å². The molecule has 1 aliphatic rings. The molecule has 0 atom stereocenters. The highest BCUT2D eigenvalue weighted by molar-refractivity contribution is 7.15. The van der Waals surface area contributed by atoms with Gasteiger partial charge in [-0.05, 0) is 43.7 Å². The summed E-state index contributed by atoms with van der Waals surface area (Å²) >= 11 is 3.42. The van der Waals surface area contributed by atoms with Crippen LogP contribution >= 0.6 is 22.7 Å². The van der Waals surface area contributed by atoms with Crippen LogP contribution in [-0.4, -0.2) is 4.98 Å². The highest BCUT2D eigenvalue weighted by Gasteiger charge is 2.48. The summed E-state index contributed by atoms with van der Waals surface area (Å²) in [6.07, 6.45) is 1.94. The number of aryl methyl sites for hydroxylation is 2. The van der Waals surface area contributed by atoms with Crippen LogP contribution in [-0.2, 0) is 5.41 Å². The minimum absolute atomic E-state index is 0.251. The summed E-state index contributed by atoms with van der Waals surface area (Å²) in [6, 6.07) is 4.54. The van der Waals surface area contributed by atoms with E-state index in [1.807, 2.05) is 0 Å². The van der Waals surface area contributed by atoms with Gasteiger partial charge in [0.25, 0.3) is 0 Å². The van der Waals surface area contributed by atoms with Crippen molar-refractivity contribution in [2.75, 3.05) is 0 Å². The molecule has 0 aromatic carbocycles.